The van der Waals surface area contributed by atoms with Crippen molar-refractivity contribution in [1.82, 2.24) is 0 Å². The molecule has 1 aromatic rings. The first-order valence-electron chi connectivity index (χ1n) is 22.7. The van der Waals surface area contributed by atoms with E-state index in [1.54, 1.807) is 61.3 Å². The van der Waals surface area contributed by atoms with Gasteiger partial charge in [0, 0.05) is 29.6 Å². The molecule has 5 atom stereocenters. The van der Waals surface area contributed by atoms with Crippen LogP contribution in [-0.4, -0.2) is 0 Å². The Morgan fingerprint density at radius 1 is 0.414 bits per heavy atom. The molecule has 0 amide bonds. The average Bonchev–Trinajstić information content (AvgIpc) is 3.98. The number of rotatable bonds is 6. The quantitative estimate of drug-likeness (QED) is 0.270. The molecule has 0 spiro atoms. The molecule has 0 aromatic heterocycles. The Balaban J connectivity index is 1.30. The number of benzene rings is 1. The van der Waals surface area contributed by atoms with Crippen LogP contribution in [-0.2, 0) is 0 Å². The molecular weight excluding hydrogens is 697 g/mol. The van der Waals surface area contributed by atoms with Gasteiger partial charge in [-0.05, 0) is 260 Å². The van der Waals surface area contributed by atoms with Crippen LogP contribution in [0.25, 0.3) is 0 Å². The van der Waals surface area contributed by atoms with Crippen LogP contribution in [0.2, 0.25) is 0 Å². The molecule has 0 heteroatoms. The molecule has 0 nitrogen and oxygen atoms in total. The maximum absolute atomic E-state index is 4.87. The van der Waals surface area contributed by atoms with E-state index in [1.165, 1.54) is 94.7 Å². The largest absolute Gasteiger partial charge is 0.0946 e. The van der Waals surface area contributed by atoms with Gasteiger partial charge in [0.05, 0.1) is 0 Å². The van der Waals surface area contributed by atoms with E-state index in [0.717, 1.165) is 12.8 Å². The van der Waals surface area contributed by atoms with Crippen molar-refractivity contribution in [2.45, 2.75) is 150 Å². The normalized spacial score (nSPS) is 27.6. The molecule has 7 aliphatic rings. The summed E-state index contributed by atoms with van der Waals surface area (Å²) < 4.78 is 0. The summed E-state index contributed by atoms with van der Waals surface area (Å²) in [6.07, 6.45) is 2.05. The van der Waals surface area contributed by atoms with Crippen LogP contribution in [0.3, 0.4) is 0 Å². The van der Waals surface area contributed by atoms with Gasteiger partial charge in [0.2, 0.25) is 0 Å². The molecule has 304 valence electrons. The minimum Gasteiger partial charge on any atom is -0.0946 e. The second-order valence-electron chi connectivity index (χ2n) is 20.6. The molecule has 8 rings (SSSR count). The third-order valence-electron chi connectivity index (χ3n) is 17.6. The van der Waals surface area contributed by atoms with Crippen molar-refractivity contribution in [3.63, 3.8) is 0 Å². The molecule has 0 N–H and O–H groups in total. The first kappa shape index (κ1) is 40.9. The van der Waals surface area contributed by atoms with Crippen molar-refractivity contribution in [1.29, 1.82) is 0 Å². The molecule has 5 unspecified atom stereocenters. The maximum Gasteiger partial charge on any atom is 0.0356 e. The van der Waals surface area contributed by atoms with Crippen molar-refractivity contribution in [3.05, 3.63) is 169 Å². The fraction of sp³-hybridized carbons (Fsp3) is 0.483. The van der Waals surface area contributed by atoms with Crippen LogP contribution in [0.4, 0.5) is 0 Å². The number of allylic oxidation sites excluding steroid dienone is 22. The zero-order valence-corrected chi connectivity index (χ0v) is 39.9. The number of hydrogen-bond donors (Lipinski definition) is 0. The van der Waals surface area contributed by atoms with Gasteiger partial charge in [-0.1, -0.05) is 65.8 Å². The van der Waals surface area contributed by atoms with E-state index >= 15 is 0 Å². The van der Waals surface area contributed by atoms with E-state index in [0.29, 0.717) is 29.6 Å². The molecule has 58 heavy (non-hydrogen) atoms. The van der Waals surface area contributed by atoms with Crippen LogP contribution < -0.4 is 0 Å². The average molecular weight is 769 g/mol. The predicted molar refractivity (Wildman–Crippen MR) is 251 cm³/mol. The van der Waals surface area contributed by atoms with E-state index in [9.17, 15) is 0 Å². The van der Waals surface area contributed by atoms with Crippen molar-refractivity contribution in [2.75, 3.05) is 0 Å². The lowest BCUT2D eigenvalue weighted by atomic mass is 9.73. The molecule has 7 aliphatic carbocycles. The van der Waals surface area contributed by atoms with Gasteiger partial charge in [-0.15, -0.1) is 0 Å². The fourth-order valence-corrected chi connectivity index (χ4v) is 13.4. The Bertz CT molecular complexity index is 2530. The van der Waals surface area contributed by atoms with E-state index in [2.05, 4.69) is 132 Å². The van der Waals surface area contributed by atoms with Crippen molar-refractivity contribution in [2.24, 2.45) is 35.5 Å². The highest BCUT2D eigenvalue weighted by Crippen LogP contribution is 2.67. The Morgan fingerprint density at radius 3 is 1.26 bits per heavy atom. The zero-order valence-electron chi connectivity index (χ0n) is 39.9. The van der Waals surface area contributed by atoms with Gasteiger partial charge in [0.15, 0.2) is 0 Å². The van der Waals surface area contributed by atoms with Crippen LogP contribution >= 0.6 is 0 Å². The van der Waals surface area contributed by atoms with Gasteiger partial charge in [-0.3, -0.25) is 0 Å². The first-order valence-corrected chi connectivity index (χ1v) is 22.7. The SMILES string of the molecule is C=C1C2=C(C3=C(C)C(C)=C(C4=C(C)C5=C(C6=C(C(C)=C(C)C6C(C)C)C5c5c(C)c(C)c(C)c(C)c5C)C4C(C)C)C3)C(C)C(=C)C2=C(C2=C(C)C(C)=C(C)C2)C1C. The second kappa shape index (κ2) is 13.6. The standard InChI is InChI=1S/C58H72/c1-24(2)46-36(15)39(18)54-56(46)57-47(25(3)4)51(42(21)55(57)58(54)48-34(13)29(8)28(7)30(9)35(48)14)45-23-44(32(11)33(45)12)50-38(17)41(20)52-49(37(16)40(19)53(50)52)43-22-26(5)27(6)31(43)10/h24-25,37-38,46-47,58H,19-20,22-23H2,1-18,21H3. The van der Waals surface area contributed by atoms with Gasteiger partial charge in [0.1, 0.15) is 0 Å². The molecule has 0 bridgehead atoms. The summed E-state index contributed by atoms with van der Waals surface area (Å²) in [5, 5.41) is 0. The Kier molecular flexibility index (Phi) is 9.55. The maximum atomic E-state index is 4.87. The minimum absolute atomic E-state index is 0.278. The van der Waals surface area contributed by atoms with Gasteiger partial charge in [-0.25, -0.2) is 0 Å². The lowest BCUT2D eigenvalue weighted by molar-refractivity contribution is 0.474. The summed E-state index contributed by atoms with van der Waals surface area (Å²) in [6, 6.07) is 0. The van der Waals surface area contributed by atoms with Crippen molar-refractivity contribution in [3.8, 4) is 0 Å². The van der Waals surface area contributed by atoms with E-state index in [-0.39, 0.29) is 11.8 Å². The van der Waals surface area contributed by atoms with Crippen molar-refractivity contribution >= 4 is 0 Å². The zero-order chi connectivity index (χ0) is 42.6. The van der Waals surface area contributed by atoms with Crippen molar-refractivity contribution < 1.29 is 0 Å². The Morgan fingerprint density at radius 2 is 0.810 bits per heavy atom. The fourth-order valence-electron chi connectivity index (χ4n) is 13.4. The highest BCUT2D eigenvalue weighted by atomic mass is 14.6. The molecule has 0 aliphatic heterocycles. The van der Waals surface area contributed by atoms with Gasteiger partial charge >= 0.3 is 0 Å². The highest BCUT2D eigenvalue weighted by Gasteiger charge is 2.52. The lowest BCUT2D eigenvalue weighted by Gasteiger charge is -2.30. The van der Waals surface area contributed by atoms with Crippen LogP contribution in [0.15, 0.2) is 136 Å². The Hall–Kier alpha value is -3.90. The summed E-state index contributed by atoms with van der Waals surface area (Å²) in [5.74, 6) is 2.74. The molecule has 0 saturated heterocycles. The summed E-state index contributed by atoms with van der Waals surface area (Å²) in [6.45, 7) is 55.7. The molecule has 0 heterocycles. The lowest BCUT2D eigenvalue weighted by Crippen LogP contribution is -2.20. The monoisotopic (exact) mass is 769 g/mol. The number of fused-ring (bicyclic) bond motifs is 2. The molecule has 0 radical (unpaired) electrons. The topological polar surface area (TPSA) is 0 Å². The second-order valence-corrected chi connectivity index (χ2v) is 20.6. The van der Waals surface area contributed by atoms with Crippen LogP contribution in [0.1, 0.15) is 149 Å². The van der Waals surface area contributed by atoms with Gasteiger partial charge < -0.3 is 0 Å². The summed E-state index contributed by atoms with van der Waals surface area (Å²) in [5.41, 5.74) is 42.5. The van der Waals surface area contributed by atoms with Gasteiger partial charge in [0.25, 0.3) is 0 Å². The first-order chi connectivity index (χ1) is 27.1. The molecule has 0 fully saturated rings. The van der Waals surface area contributed by atoms with Crippen LogP contribution in [0, 0.1) is 70.1 Å². The summed E-state index contributed by atoms with van der Waals surface area (Å²) in [7, 11) is 0. The minimum atomic E-state index is 0.278. The molecule has 1 aromatic carbocycles. The summed E-state index contributed by atoms with van der Waals surface area (Å²) >= 11 is 0. The van der Waals surface area contributed by atoms with Crippen LogP contribution in [0.5, 0.6) is 0 Å². The molecule has 0 saturated carbocycles. The number of hydrogen-bond acceptors (Lipinski definition) is 0. The highest BCUT2D eigenvalue weighted by molar-refractivity contribution is 5.83. The molecular formula is C58H72. The smallest absolute Gasteiger partial charge is 0.0356 e. The Labute approximate surface area is 353 Å². The van der Waals surface area contributed by atoms with Gasteiger partial charge in [-0.2, -0.15) is 0 Å². The third kappa shape index (κ3) is 5.05. The van der Waals surface area contributed by atoms with E-state index in [1.807, 2.05) is 0 Å². The van der Waals surface area contributed by atoms with E-state index in [4.69, 9.17) is 13.2 Å². The predicted octanol–water partition coefficient (Wildman–Crippen LogP) is 16.2. The third-order valence-corrected chi connectivity index (χ3v) is 17.6. The van der Waals surface area contributed by atoms with E-state index < -0.39 is 0 Å². The summed E-state index contributed by atoms with van der Waals surface area (Å²) in [4.78, 5) is 0.